The lowest BCUT2D eigenvalue weighted by molar-refractivity contribution is -0.870. The smallest absolute Gasteiger partial charge is 0.387 e. The first-order chi connectivity index (χ1) is 15.5. The van der Waals surface area contributed by atoms with Crippen molar-refractivity contribution in [3.8, 4) is 0 Å². The molecule has 0 fully saturated rings. The fourth-order valence-electron chi connectivity index (χ4n) is 3.14. The summed E-state index contributed by atoms with van der Waals surface area (Å²) in [6, 6.07) is -0.832. The Morgan fingerprint density at radius 1 is 1.00 bits per heavy atom. The molecule has 196 valence electrons. The summed E-state index contributed by atoms with van der Waals surface area (Å²) in [6.45, 7) is 4.38. The minimum atomic E-state index is -4.28. The van der Waals surface area contributed by atoms with Gasteiger partial charge >= 0.3 is 7.82 Å². The highest BCUT2D eigenvalue weighted by Gasteiger charge is 2.27. The van der Waals surface area contributed by atoms with E-state index in [9.17, 15) is 19.4 Å². The Labute approximate surface area is 201 Å². The van der Waals surface area contributed by atoms with Gasteiger partial charge in [0.15, 0.2) is 0 Å². The van der Waals surface area contributed by atoms with Crippen molar-refractivity contribution in [2.75, 3.05) is 40.9 Å². The number of phosphoric ester groups is 1. The molecule has 0 radical (unpaired) electrons. The molecule has 0 rings (SSSR count). The number of hydrogen-bond acceptors (Lipinski definition) is 5. The molecule has 0 aromatic carbocycles. The van der Waals surface area contributed by atoms with E-state index in [1.165, 1.54) is 38.5 Å². The monoisotopic (exact) mass is 493 g/mol. The molecule has 3 unspecified atom stereocenters. The van der Waals surface area contributed by atoms with Crippen molar-refractivity contribution in [1.82, 2.24) is 5.32 Å². The fourth-order valence-corrected chi connectivity index (χ4v) is 3.88. The maximum Gasteiger partial charge on any atom is 0.472 e. The van der Waals surface area contributed by atoms with E-state index < -0.39 is 20.0 Å². The summed E-state index contributed by atoms with van der Waals surface area (Å²) in [5.74, 6) is -0.236. The highest BCUT2D eigenvalue weighted by atomic mass is 31.2. The van der Waals surface area contributed by atoms with Gasteiger partial charge in [0.2, 0.25) is 5.91 Å². The Balaban J connectivity index is 4.53. The van der Waals surface area contributed by atoms with Gasteiger partial charge in [-0.3, -0.25) is 13.8 Å². The van der Waals surface area contributed by atoms with Crippen LogP contribution in [0.15, 0.2) is 12.2 Å². The van der Waals surface area contributed by atoms with Gasteiger partial charge < -0.3 is 19.8 Å². The van der Waals surface area contributed by atoms with Gasteiger partial charge in [-0.1, -0.05) is 70.9 Å². The third kappa shape index (κ3) is 20.3. The minimum Gasteiger partial charge on any atom is -0.387 e. The lowest BCUT2D eigenvalue weighted by Crippen LogP contribution is -2.45. The molecule has 8 nitrogen and oxygen atoms in total. The number of allylic oxidation sites excluding steroid dienone is 1. The average molecular weight is 494 g/mol. The quantitative estimate of drug-likeness (QED) is 0.0937. The van der Waals surface area contributed by atoms with Crippen molar-refractivity contribution in [2.45, 2.75) is 96.6 Å². The van der Waals surface area contributed by atoms with Crippen LogP contribution in [-0.4, -0.2) is 73.4 Å². The molecule has 3 N–H and O–H groups in total. The second kappa shape index (κ2) is 18.6. The van der Waals surface area contributed by atoms with Crippen molar-refractivity contribution in [2.24, 2.45) is 0 Å². The van der Waals surface area contributed by atoms with E-state index in [1.807, 2.05) is 34.1 Å². The van der Waals surface area contributed by atoms with Crippen LogP contribution in [-0.2, 0) is 18.4 Å². The van der Waals surface area contributed by atoms with Crippen LogP contribution in [0.5, 0.6) is 0 Å². The Morgan fingerprint density at radius 2 is 1.61 bits per heavy atom. The number of rotatable bonds is 21. The van der Waals surface area contributed by atoms with Gasteiger partial charge in [-0.05, 0) is 19.3 Å². The van der Waals surface area contributed by atoms with Gasteiger partial charge in [0.05, 0.1) is 39.9 Å². The first kappa shape index (κ1) is 32.2. The van der Waals surface area contributed by atoms with Gasteiger partial charge in [0.25, 0.3) is 0 Å². The van der Waals surface area contributed by atoms with E-state index in [4.69, 9.17) is 9.05 Å². The molecular weight excluding hydrogens is 443 g/mol. The number of phosphoric acid groups is 1. The number of hydrogen-bond donors (Lipinski definition) is 3. The van der Waals surface area contributed by atoms with Crippen LogP contribution in [0.3, 0.4) is 0 Å². The van der Waals surface area contributed by atoms with Gasteiger partial charge in [-0.25, -0.2) is 4.57 Å². The standard InChI is InChI=1S/C24H49N2O6P/c1-6-8-9-10-11-12-13-14-15-16-18-23(27)22(25-24(28)17-7-2)21-32-33(29,30)31-20-19-26(3,4)5/h16,18,22-23,27H,6-15,17,19-21H2,1-5H3,(H-,25,28,29,30)/p+1/b18-16+. The number of quaternary nitrogens is 1. The minimum absolute atomic E-state index is 0.0607. The summed E-state index contributed by atoms with van der Waals surface area (Å²) in [4.78, 5) is 22.0. The maximum absolute atomic E-state index is 12.2. The third-order valence-corrected chi connectivity index (χ3v) is 6.21. The molecule has 0 spiro atoms. The zero-order chi connectivity index (χ0) is 25.2. The molecule has 1 amide bonds. The predicted octanol–water partition coefficient (Wildman–Crippen LogP) is 4.56. The highest BCUT2D eigenvalue weighted by molar-refractivity contribution is 7.47. The average Bonchev–Trinajstić information content (AvgIpc) is 2.71. The highest BCUT2D eigenvalue weighted by Crippen LogP contribution is 2.43. The van der Waals surface area contributed by atoms with Crippen LogP contribution in [0.2, 0.25) is 0 Å². The summed E-state index contributed by atoms with van der Waals surface area (Å²) in [6.07, 6.45) is 14.2. The molecule has 0 aromatic rings. The number of unbranched alkanes of at least 4 members (excludes halogenated alkanes) is 8. The van der Waals surface area contributed by atoms with E-state index in [1.54, 1.807) is 6.08 Å². The number of nitrogens with zero attached hydrogens (tertiary/aromatic N) is 1. The molecule has 3 atom stereocenters. The molecular formula is C24H50N2O6P+. The Morgan fingerprint density at radius 3 is 2.18 bits per heavy atom. The molecule has 9 heteroatoms. The third-order valence-electron chi connectivity index (χ3n) is 5.23. The van der Waals surface area contributed by atoms with Crippen LogP contribution in [0.25, 0.3) is 0 Å². The van der Waals surface area contributed by atoms with Crippen molar-refractivity contribution in [3.63, 3.8) is 0 Å². The van der Waals surface area contributed by atoms with Crippen LogP contribution >= 0.6 is 7.82 Å². The molecule has 0 bridgehead atoms. The Hall–Kier alpha value is -0.760. The normalized spacial score (nSPS) is 16.0. The SMILES string of the molecule is CCCCCCCCCC/C=C/C(O)C(COP(=O)(O)OCC[N+](C)(C)C)NC(=O)CCC. The summed E-state index contributed by atoms with van der Waals surface area (Å²) in [5, 5.41) is 13.2. The topological polar surface area (TPSA) is 105 Å². The van der Waals surface area contributed by atoms with Crippen LogP contribution < -0.4 is 5.32 Å². The summed E-state index contributed by atoms with van der Waals surface area (Å²) >= 11 is 0. The Kier molecular flexibility index (Phi) is 18.1. The molecule has 0 saturated heterocycles. The summed E-state index contributed by atoms with van der Waals surface area (Å²) in [5.41, 5.74) is 0. The van der Waals surface area contributed by atoms with Crippen LogP contribution in [0.1, 0.15) is 84.5 Å². The van der Waals surface area contributed by atoms with Crippen LogP contribution in [0, 0.1) is 0 Å². The summed E-state index contributed by atoms with van der Waals surface area (Å²) in [7, 11) is 1.56. The van der Waals surface area contributed by atoms with Gasteiger partial charge in [-0.2, -0.15) is 0 Å². The van der Waals surface area contributed by atoms with Crippen molar-refractivity contribution >= 4 is 13.7 Å². The second-order valence-electron chi connectivity index (χ2n) is 9.72. The molecule has 0 aliphatic heterocycles. The predicted molar refractivity (Wildman–Crippen MR) is 134 cm³/mol. The zero-order valence-corrected chi connectivity index (χ0v) is 22.5. The first-order valence-corrected chi connectivity index (χ1v) is 14.1. The fraction of sp³-hybridized carbons (Fsp3) is 0.875. The van der Waals surface area contributed by atoms with E-state index in [2.05, 4.69) is 12.2 Å². The molecule has 0 aliphatic rings. The van der Waals surface area contributed by atoms with Crippen molar-refractivity contribution in [3.05, 3.63) is 12.2 Å². The molecule has 33 heavy (non-hydrogen) atoms. The first-order valence-electron chi connectivity index (χ1n) is 12.6. The lowest BCUT2D eigenvalue weighted by atomic mass is 10.1. The number of carbonyl (C=O) groups is 1. The number of aliphatic hydroxyl groups is 1. The molecule has 0 saturated carbocycles. The second-order valence-corrected chi connectivity index (χ2v) is 11.2. The number of amides is 1. The molecule has 0 heterocycles. The van der Waals surface area contributed by atoms with Crippen molar-refractivity contribution in [1.29, 1.82) is 0 Å². The van der Waals surface area contributed by atoms with Gasteiger partial charge in [0, 0.05) is 6.42 Å². The number of likely N-dealkylation sites (N-methyl/N-ethyl adjacent to an activating group) is 1. The van der Waals surface area contributed by atoms with Gasteiger partial charge in [-0.15, -0.1) is 0 Å². The molecule has 0 aliphatic carbocycles. The Bertz CT molecular complexity index is 580. The number of nitrogens with one attached hydrogen (secondary N) is 1. The molecule has 0 aromatic heterocycles. The van der Waals surface area contributed by atoms with E-state index in [-0.39, 0.29) is 19.1 Å². The van der Waals surface area contributed by atoms with Gasteiger partial charge in [0.1, 0.15) is 13.2 Å². The van der Waals surface area contributed by atoms with Crippen molar-refractivity contribution < 1.29 is 32.9 Å². The lowest BCUT2D eigenvalue weighted by Gasteiger charge is -2.25. The maximum atomic E-state index is 12.2. The van der Waals surface area contributed by atoms with Crippen LogP contribution in [0.4, 0.5) is 0 Å². The van der Waals surface area contributed by atoms with E-state index >= 15 is 0 Å². The van der Waals surface area contributed by atoms with E-state index in [0.29, 0.717) is 23.9 Å². The zero-order valence-electron chi connectivity index (χ0n) is 21.6. The summed E-state index contributed by atoms with van der Waals surface area (Å²) < 4.78 is 22.9. The number of carbonyl (C=O) groups excluding carboxylic acids is 1. The number of aliphatic hydroxyl groups excluding tert-OH is 1. The largest absolute Gasteiger partial charge is 0.472 e. The van der Waals surface area contributed by atoms with E-state index in [0.717, 1.165) is 19.3 Å².